The molecule has 0 amide bonds. The number of benzene rings is 2. The maximum Gasteiger partial charge on any atom is -0.0108 e. The van der Waals surface area contributed by atoms with Crippen molar-refractivity contribution in [3.63, 3.8) is 0 Å². The predicted molar refractivity (Wildman–Crippen MR) is 179 cm³/mol. The molecule has 8 rings (SSSR count). The van der Waals surface area contributed by atoms with E-state index in [1.54, 1.807) is 11.1 Å². The Morgan fingerprint density at radius 1 is 0.262 bits per heavy atom. The molecule has 0 unspecified atom stereocenters. The van der Waals surface area contributed by atoms with Gasteiger partial charge in [-0.05, 0) is 157 Å². The molecule has 0 saturated heterocycles. The Bertz CT molecular complexity index is 1040. The molecule has 6 aliphatic carbocycles. The van der Waals surface area contributed by atoms with Crippen molar-refractivity contribution in [2.24, 2.45) is 0 Å². The lowest BCUT2D eigenvalue weighted by Crippen LogP contribution is -2.12. The van der Waals surface area contributed by atoms with Gasteiger partial charge in [0.15, 0.2) is 0 Å². The summed E-state index contributed by atoms with van der Waals surface area (Å²) in [6.07, 6.45) is 34.6. The third kappa shape index (κ3) is 5.34. The highest BCUT2D eigenvalue weighted by atomic mass is 14.4. The van der Waals surface area contributed by atoms with Crippen LogP contribution in [0.15, 0.2) is 24.3 Å². The van der Waals surface area contributed by atoms with Gasteiger partial charge in [0.25, 0.3) is 0 Å². The van der Waals surface area contributed by atoms with Gasteiger partial charge in [0.05, 0.1) is 0 Å². The average molecular weight is 563 g/mol. The molecule has 6 fully saturated rings. The van der Waals surface area contributed by atoms with Gasteiger partial charge in [-0.3, -0.25) is 0 Å². The van der Waals surface area contributed by atoms with Crippen LogP contribution in [0.5, 0.6) is 0 Å². The van der Waals surface area contributed by atoms with Gasteiger partial charge in [-0.25, -0.2) is 0 Å². The van der Waals surface area contributed by atoms with Gasteiger partial charge < -0.3 is 0 Å². The van der Waals surface area contributed by atoms with Crippen LogP contribution < -0.4 is 0 Å². The molecule has 6 saturated carbocycles. The van der Waals surface area contributed by atoms with E-state index in [9.17, 15) is 0 Å². The van der Waals surface area contributed by atoms with Crippen LogP contribution in [0.25, 0.3) is 11.1 Å². The van der Waals surface area contributed by atoms with Gasteiger partial charge in [-0.2, -0.15) is 0 Å². The highest BCUT2D eigenvalue weighted by Crippen LogP contribution is 2.54. The second kappa shape index (κ2) is 12.4. The van der Waals surface area contributed by atoms with Crippen molar-refractivity contribution in [3.05, 3.63) is 57.6 Å². The standard InChI is InChI=1S/C42H58/c1-2-14-29(13-1)35-25-37(31-17-5-6-18-31)41(38(26-35)32-19-7-8-20-32)42-39(33-21-9-10-22-33)27-36(30-15-3-4-16-30)28-40(42)34-23-11-12-24-34/h25-34H,1-24H2. The highest BCUT2D eigenvalue weighted by molar-refractivity contribution is 5.81. The first kappa shape index (κ1) is 28.0. The van der Waals surface area contributed by atoms with Gasteiger partial charge in [0, 0.05) is 0 Å². The van der Waals surface area contributed by atoms with Crippen molar-refractivity contribution in [2.75, 3.05) is 0 Å². The summed E-state index contributed by atoms with van der Waals surface area (Å²) < 4.78 is 0. The molecule has 0 atom stereocenters. The van der Waals surface area contributed by atoms with Crippen molar-refractivity contribution in [1.29, 1.82) is 0 Å². The third-order valence-electron chi connectivity index (χ3n) is 13.5. The molecule has 42 heavy (non-hydrogen) atoms. The Labute approximate surface area is 257 Å². The van der Waals surface area contributed by atoms with Crippen LogP contribution in [-0.2, 0) is 0 Å². The normalized spacial score (nSPS) is 25.6. The third-order valence-corrected chi connectivity index (χ3v) is 13.5. The van der Waals surface area contributed by atoms with E-state index >= 15 is 0 Å². The van der Waals surface area contributed by atoms with Crippen LogP contribution in [0.3, 0.4) is 0 Å². The lowest BCUT2D eigenvalue weighted by Gasteiger charge is -2.32. The van der Waals surface area contributed by atoms with Gasteiger partial charge in [0.2, 0.25) is 0 Å². The first-order chi connectivity index (χ1) is 20.8. The molecular weight excluding hydrogens is 504 g/mol. The molecule has 0 spiro atoms. The van der Waals surface area contributed by atoms with Crippen molar-refractivity contribution in [2.45, 2.75) is 190 Å². The van der Waals surface area contributed by atoms with E-state index in [4.69, 9.17) is 0 Å². The monoisotopic (exact) mass is 562 g/mol. The summed E-state index contributed by atoms with van der Waals surface area (Å²) >= 11 is 0. The summed E-state index contributed by atoms with van der Waals surface area (Å²) in [4.78, 5) is 0. The van der Waals surface area contributed by atoms with Crippen LogP contribution in [0.2, 0.25) is 0 Å². The zero-order valence-electron chi connectivity index (χ0n) is 26.7. The molecular formula is C42H58. The number of rotatable bonds is 7. The molecule has 2 aromatic rings. The van der Waals surface area contributed by atoms with Gasteiger partial charge in [0.1, 0.15) is 0 Å². The maximum absolute atomic E-state index is 2.85. The molecule has 2 aromatic carbocycles. The maximum atomic E-state index is 2.85. The minimum absolute atomic E-state index is 0.795. The summed E-state index contributed by atoms with van der Waals surface area (Å²) in [6.45, 7) is 0. The molecule has 0 bridgehead atoms. The molecule has 0 radical (unpaired) electrons. The molecule has 0 aromatic heterocycles. The van der Waals surface area contributed by atoms with Crippen LogP contribution in [0, 0.1) is 0 Å². The Morgan fingerprint density at radius 2 is 0.452 bits per heavy atom. The lowest BCUT2D eigenvalue weighted by atomic mass is 9.72. The fourth-order valence-electron chi connectivity index (χ4n) is 11.2. The van der Waals surface area contributed by atoms with Crippen LogP contribution >= 0.6 is 0 Å². The average Bonchev–Trinajstić information content (AvgIpc) is 3.89. The summed E-state index contributed by atoms with van der Waals surface area (Å²) in [5.41, 5.74) is 14.5. The largest absolute Gasteiger partial charge is 0.0546 e. The fraction of sp³-hybridized carbons (Fsp3) is 0.714. The van der Waals surface area contributed by atoms with E-state index in [1.807, 2.05) is 33.4 Å². The quantitative estimate of drug-likeness (QED) is 0.315. The SMILES string of the molecule is c1c(C2CCCC2)cc(C2CCCC2)c(-c2c(C3CCCC3)cc(C3CCCC3)cc2C2CCCC2)c1C1CCCC1. The summed E-state index contributed by atoms with van der Waals surface area (Å²) in [5.74, 6) is 4.83. The van der Waals surface area contributed by atoms with Crippen molar-refractivity contribution < 1.29 is 0 Å². The summed E-state index contributed by atoms with van der Waals surface area (Å²) in [7, 11) is 0. The topological polar surface area (TPSA) is 0 Å². The smallest absolute Gasteiger partial charge is 0.0108 e. The summed E-state index contributed by atoms with van der Waals surface area (Å²) in [6, 6.07) is 11.4. The highest BCUT2D eigenvalue weighted by Gasteiger charge is 2.35. The molecule has 6 aliphatic rings. The fourth-order valence-corrected chi connectivity index (χ4v) is 11.2. The minimum Gasteiger partial charge on any atom is -0.0546 e. The lowest BCUT2D eigenvalue weighted by molar-refractivity contribution is 0.670. The molecule has 0 nitrogen and oxygen atoms in total. The van der Waals surface area contributed by atoms with E-state index in [0.29, 0.717) is 0 Å². The van der Waals surface area contributed by atoms with E-state index in [1.165, 1.54) is 154 Å². The van der Waals surface area contributed by atoms with E-state index in [-0.39, 0.29) is 0 Å². The molecule has 0 heteroatoms. The molecule has 0 N–H and O–H groups in total. The van der Waals surface area contributed by atoms with Crippen molar-refractivity contribution >= 4 is 0 Å². The first-order valence-corrected chi connectivity index (χ1v) is 19.2. The Kier molecular flexibility index (Phi) is 8.28. The van der Waals surface area contributed by atoms with Crippen LogP contribution in [0.1, 0.15) is 223 Å². The zero-order chi connectivity index (χ0) is 27.9. The second-order valence-corrected chi connectivity index (χ2v) is 16.0. The van der Waals surface area contributed by atoms with E-state index in [2.05, 4.69) is 24.3 Å². The predicted octanol–water partition coefficient (Wildman–Crippen LogP) is 13.3. The Morgan fingerprint density at radius 3 is 0.667 bits per heavy atom. The van der Waals surface area contributed by atoms with Crippen molar-refractivity contribution in [1.82, 2.24) is 0 Å². The first-order valence-electron chi connectivity index (χ1n) is 19.2. The summed E-state index contributed by atoms with van der Waals surface area (Å²) in [5, 5.41) is 0. The van der Waals surface area contributed by atoms with Gasteiger partial charge in [-0.1, -0.05) is 101 Å². The molecule has 0 aliphatic heterocycles. The minimum atomic E-state index is 0.795. The zero-order valence-corrected chi connectivity index (χ0v) is 26.7. The molecule has 226 valence electrons. The van der Waals surface area contributed by atoms with Crippen LogP contribution in [-0.4, -0.2) is 0 Å². The van der Waals surface area contributed by atoms with Crippen molar-refractivity contribution in [3.8, 4) is 11.1 Å². The van der Waals surface area contributed by atoms with E-state index in [0.717, 1.165) is 35.5 Å². The van der Waals surface area contributed by atoms with Gasteiger partial charge in [-0.15, -0.1) is 0 Å². The Hall–Kier alpha value is -1.56. The Balaban J connectivity index is 1.40. The van der Waals surface area contributed by atoms with Gasteiger partial charge >= 0.3 is 0 Å². The number of hydrogen-bond donors (Lipinski definition) is 0. The molecule has 0 heterocycles. The van der Waals surface area contributed by atoms with Crippen LogP contribution in [0.4, 0.5) is 0 Å². The second-order valence-electron chi connectivity index (χ2n) is 16.0. The number of hydrogen-bond acceptors (Lipinski definition) is 0. The van der Waals surface area contributed by atoms with E-state index < -0.39 is 0 Å².